The first kappa shape index (κ1) is 13.2. The number of primary amides is 1. The number of nitrogens with two attached hydrogens (primary N) is 1. The first-order chi connectivity index (χ1) is 8.56. The van der Waals surface area contributed by atoms with Crippen LogP contribution in [0.4, 0.5) is 0 Å². The monoisotopic (exact) mass is 281 g/mol. The smallest absolute Gasteiger partial charge is 0.249 e. The Balaban J connectivity index is 1.92. The van der Waals surface area contributed by atoms with Crippen LogP contribution in [0, 0.1) is 6.92 Å². The van der Waals surface area contributed by atoms with Crippen molar-refractivity contribution in [2.75, 3.05) is 0 Å². The Kier molecular flexibility index (Phi) is 4.11. The van der Waals surface area contributed by atoms with Crippen molar-refractivity contribution in [2.45, 2.75) is 26.4 Å². The molecule has 18 heavy (non-hydrogen) atoms. The van der Waals surface area contributed by atoms with E-state index in [1.165, 1.54) is 11.3 Å². The predicted octanol–water partition coefficient (Wildman–Crippen LogP) is 2.46. The van der Waals surface area contributed by atoms with Crippen molar-refractivity contribution < 1.29 is 4.79 Å². The van der Waals surface area contributed by atoms with Crippen LogP contribution in [0.2, 0.25) is 0 Å². The number of hydrogen-bond acceptors (Lipinski definition) is 5. The maximum absolute atomic E-state index is 11.0. The summed E-state index contributed by atoms with van der Waals surface area (Å²) >= 11 is 3.20. The molecule has 6 heteroatoms. The van der Waals surface area contributed by atoms with Gasteiger partial charge in [-0.25, -0.2) is 4.98 Å². The van der Waals surface area contributed by atoms with Crippen molar-refractivity contribution in [3.8, 4) is 0 Å². The van der Waals surface area contributed by atoms with Crippen LogP contribution in [0.25, 0.3) is 0 Å². The zero-order chi connectivity index (χ0) is 13.1. The normalized spacial score (nSPS) is 12.6. The van der Waals surface area contributed by atoms with E-state index in [0.29, 0.717) is 5.56 Å². The highest BCUT2D eigenvalue weighted by Gasteiger charge is 2.10. The third-order valence-electron chi connectivity index (χ3n) is 2.53. The van der Waals surface area contributed by atoms with Gasteiger partial charge in [0.1, 0.15) is 5.01 Å². The topological polar surface area (TPSA) is 68.0 Å². The van der Waals surface area contributed by atoms with Gasteiger partial charge in [-0.05, 0) is 19.9 Å². The van der Waals surface area contributed by atoms with Crippen molar-refractivity contribution in [2.24, 2.45) is 5.73 Å². The molecule has 0 aliphatic carbocycles. The molecule has 1 unspecified atom stereocenters. The van der Waals surface area contributed by atoms with Crippen LogP contribution in [0.1, 0.15) is 38.9 Å². The third kappa shape index (κ3) is 3.16. The number of nitrogens with zero attached hydrogens (tertiary/aromatic N) is 1. The fraction of sp³-hybridized carbons (Fsp3) is 0.333. The maximum atomic E-state index is 11.0. The van der Waals surface area contributed by atoms with Crippen LogP contribution >= 0.6 is 22.7 Å². The van der Waals surface area contributed by atoms with Crippen LogP contribution in [0.15, 0.2) is 16.8 Å². The molecule has 0 saturated heterocycles. The molecule has 2 rings (SSSR count). The SMILES string of the molecule is Cc1csc(C(C)NCc2cc(C(N)=O)cs2)n1. The Labute approximate surface area is 114 Å². The van der Waals surface area contributed by atoms with Crippen LogP contribution in [-0.4, -0.2) is 10.9 Å². The van der Waals surface area contributed by atoms with Crippen molar-refractivity contribution in [1.29, 1.82) is 0 Å². The molecule has 96 valence electrons. The Morgan fingerprint density at radius 3 is 2.83 bits per heavy atom. The van der Waals surface area contributed by atoms with Gasteiger partial charge in [0.25, 0.3) is 0 Å². The van der Waals surface area contributed by atoms with E-state index in [4.69, 9.17) is 5.73 Å². The summed E-state index contributed by atoms with van der Waals surface area (Å²) in [6.07, 6.45) is 0. The lowest BCUT2D eigenvalue weighted by atomic mass is 10.3. The summed E-state index contributed by atoms with van der Waals surface area (Å²) in [5.74, 6) is -0.374. The molecule has 2 aromatic rings. The quantitative estimate of drug-likeness (QED) is 0.884. The molecule has 0 saturated carbocycles. The second-order valence-electron chi connectivity index (χ2n) is 4.10. The largest absolute Gasteiger partial charge is 0.366 e. The van der Waals surface area contributed by atoms with Crippen molar-refractivity contribution in [3.05, 3.63) is 38.0 Å². The summed E-state index contributed by atoms with van der Waals surface area (Å²) in [6, 6.07) is 2.04. The zero-order valence-corrected chi connectivity index (χ0v) is 11.9. The average Bonchev–Trinajstić information content (AvgIpc) is 2.94. The molecule has 2 aromatic heterocycles. The van der Waals surface area contributed by atoms with Gasteiger partial charge in [0.15, 0.2) is 0 Å². The van der Waals surface area contributed by atoms with Gasteiger partial charge in [0.2, 0.25) is 5.91 Å². The molecule has 0 aliphatic rings. The molecule has 0 aromatic carbocycles. The Hall–Kier alpha value is -1.24. The van der Waals surface area contributed by atoms with Crippen molar-refractivity contribution >= 4 is 28.6 Å². The van der Waals surface area contributed by atoms with Gasteiger partial charge in [-0.1, -0.05) is 0 Å². The molecular formula is C12H15N3OS2. The van der Waals surface area contributed by atoms with Crippen molar-refractivity contribution in [1.82, 2.24) is 10.3 Å². The van der Waals surface area contributed by atoms with Gasteiger partial charge in [-0.2, -0.15) is 0 Å². The summed E-state index contributed by atoms with van der Waals surface area (Å²) in [5, 5.41) is 8.30. The highest BCUT2D eigenvalue weighted by atomic mass is 32.1. The summed E-state index contributed by atoms with van der Waals surface area (Å²) < 4.78 is 0. The van der Waals surface area contributed by atoms with E-state index < -0.39 is 0 Å². The van der Waals surface area contributed by atoms with Gasteiger partial charge in [0.05, 0.1) is 11.6 Å². The van der Waals surface area contributed by atoms with Gasteiger partial charge in [-0.3, -0.25) is 4.79 Å². The standard InChI is InChI=1S/C12H15N3OS2/c1-7-5-18-12(15-7)8(2)14-4-10-3-9(6-17-10)11(13)16/h3,5-6,8,14H,4H2,1-2H3,(H2,13,16). The highest BCUT2D eigenvalue weighted by Crippen LogP contribution is 2.19. The van der Waals surface area contributed by atoms with Crippen LogP contribution < -0.4 is 11.1 Å². The number of carbonyl (C=O) groups excluding carboxylic acids is 1. The van der Waals surface area contributed by atoms with E-state index >= 15 is 0 Å². The summed E-state index contributed by atoms with van der Waals surface area (Å²) in [6.45, 7) is 4.80. The maximum Gasteiger partial charge on any atom is 0.249 e. The number of hydrogen-bond donors (Lipinski definition) is 2. The number of rotatable bonds is 5. The number of nitrogens with one attached hydrogen (secondary N) is 1. The number of carbonyl (C=O) groups is 1. The van der Waals surface area contributed by atoms with E-state index in [9.17, 15) is 4.79 Å². The number of amides is 1. The average molecular weight is 281 g/mol. The highest BCUT2D eigenvalue weighted by molar-refractivity contribution is 7.10. The van der Waals surface area contributed by atoms with E-state index in [1.807, 2.05) is 18.4 Å². The molecule has 0 spiro atoms. The number of aryl methyl sites for hydroxylation is 1. The number of thiazole rings is 1. The fourth-order valence-electron chi connectivity index (χ4n) is 1.51. The van der Waals surface area contributed by atoms with Gasteiger partial charge in [-0.15, -0.1) is 22.7 Å². The van der Waals surface area contributed by atoms with Gasteiger partial charge >= 0.3 is 0 Å². The lowest BCUT2D eigenvalue weighted by Gasteiger charge is -2.09. The minimum atomic E-state index is -0.374. The molecule has 2 heterocycles. The van der Waals surface area contributed by atoms with Gasteiger partial charge < -0.3 is 11.1 Å². The minimum absolute atomic E-state index is 0.211. The molecule has 0 radical (unpaired) electrons. The number of thiophene rings is 1. The van der Waals surface area contributed by atoms with E-state index in [2.05, 4.69) is 17.2 Å². The van der Waals surface area contributed by atoms with E-state index in [1.54, 1.807) is 16.7 Å². The molecule has 3 N–H and O–H groups in total. The summed E-state index contributed by atoms with van der Waals surface area (Å²) in [7, 11) is 0. The fourth-order valence-corrected chi connectivity index (χ4v) is 3.17. The van der Waals surface area contributed by atoms with Crippen molar-refractivity contribution in [3.63, 3.8) is 0 Å². The lowest BCUT2D eigenvalue weighted by molar-refractivity contribution is 0.100. The van der Waals surface area contributed by atoms with E-state index in [0.717, 1.165) is 22.1 Å². The first-order valence-electron chi connectivity index (χ1n) is 5.59. The summed E-state index contributed by atoms with van der Waals surface area (Å²) in [4.78, 5) is 16.5. The van der Waals surface area contributed by atoms with Crippen LogP contribution in [0.3, 0.4) is 0 Å². The molecule has 1 amide bonds. The van der Waals surface area contributed by atoms with Crippen LogP contribution in [0.5, 0.6) is 0 Å². The second kappa shape index (κ2) is 5.60. The first-order valence-corrected chi connectivity index (χ1v) is 7.35. The molecular weight excluding hydrogens is 266 g/mol. The number of aromatic nitrogens is 1. The van der Waals surface area contributed by atoms with Crippen LogP contribution in [-0.2, 0) is 6.54 Å². The lowest BCUT2D eigenvalue weighted by Crippen LogP contribution is -2.17. The zero-order valence-electron chi connectivity index (χ0n) is 10.3. The Bertz CT molecular complexity index is 547. The molecule has 0 aliphatic heterocycles. The molecule has 1 atom stereocenters. The Morgan fingerprint density at radius 1 is 1.50 bits per heavy atom. The molecule has 0 fully saturated rings. The third-order valence-corrected chi connectivity index (χ3v) is 4.61. The Morgan fingerprint density at radius 2 is 2.28 bits per heavy atom. The second-order valence-corrected chi connectivity index (χ2v) is 5.98. The van der Waals surface area contributed by atoms with Gasteiger partial charge in [0, 0.05) is 27.9 Å². The predicted molar refractivity (Wildman–Crippen MR) is 74.9 cm³/mol. The molecule has 4 nitrogen and oxygen atoms in total. The summed E-state index contributed by atoms with van der Waals surface area (Å²) in [5.41, 5.74) is 6.85. The van der Waals surface area contributed by atoms with E-state index in [-0.39, 0.29) is 11.9 Å². The molecule has 0 bridgehead atoms. The minimum Gasteiger partial charge on any atom is -0.366 e.